The molecule has 1 saturated heterocycles. The minimum absolute atomic E-state index is 0. The summed E-state index contributed by atoms with van der Waals surface area (Å²) in [4.78, 5) is 8.66. The second kappa shape index (κ2) is 7.33. The van der Waals surface area contributed by atoms with E-state index >= 15 is 0 Å². The topological polar surface area (TPSA) is 47.0 Å². The average molecular weight is 310 g/mol. The van der Waals surface area contributed by atoms with Crippen molar-refractivity contribution in [3.8, 4) is 11.6 Å². The van der Waals surface area contributed by atoms with Crippen LogP contribution in [0.25, 0.3) is 0 Å². The molecule has 4 nitrogen and oxygen atoms in total. The standard InChI is InChI=1S/C15H16FN3O.ClH/c16-12-2-1-3-13(8-12)20-15-10-18-9-14(19-15)11-4-6-17-7-5-11;/h1-3,8-11,17H,4-7H2;1H. The van der Waals surface area contributed by atoms with E-state index in [1.54, 1.807) is 24.5 Å². The number of nitrogens with zero attached hydrogens (tertiary/aromatic N) is 2. The molecular formula is C15H17ClFN3O. The van der Waals surface area contributed by atoms with Crippen molar-refractivity contribution < 1.29 is 9.13 Å². The molecule has 2 heterocycles. The molecule has 0 spiro atoms. The third kappa shape index (κ3) is 4.12. The lowest BCUT2D eigenvalue weighted by Gasteiger charge is -2.21. The first-order valence-corrected chi connectivity index (χ1v) is 6.77. The van der Waals surface area contributed by atoms with Gasteiger partial charge in [-0.25, -0.2) is 9.37 Å². The number of piperidine rings is 1. The fourth-order valence-electron chi connectivity index (χ4n) is 2.38. The summed E-state index contributed by atoms with van der Waals surface area (Å²) >= 11 is 0. The molecule has 2 aromatic rings. The van der Waals surface area contributed by atoms with Gasteiger partial charge in [0, 0.05) is 18.2 Å². The van der Waals surface area contributed by atoms with E-state index in [1.807, 2.05) is 0 Å². The van der Waals surface area contributed by atoms with E-state index in [2.05, 4.69) is 15.3 Å². The lowest BCUT2D eigenvalue weighted by atomic mass is 9.95. The Morgan fingerprint density at radius 1 is 1.19 bits per heavy atom. The second-order valence-corrected chi connectivity index (χ2v) is 4.87. The van der Waals surface area contributed by atoms with Gasteiger partial charge in [0.15, 0.2) is 0 Å². The van der Waals surface area contributed by atoms with Crippen LogP contribution in [0.5, 0.6) is 11.6 Å². The van der Waals surface area contributed by atoms with Gasteiger partial charge in [-0.05, 0) is 38.1 Å². The smallest absolute Gasteiger partial charge is 0.238 e. The maximum Gasteiger partial charge on any atom is 0.238 e. The summed E-state index contributed by atoms with van der Waals surface area (Å²) in [6.07, 6.45) is 5.44. The molecule has 3 rings (SSSR count). The molecule has 0 unspecified atom stereocenters. The molecule has 0 bridgehead atoms. The van der Waals surface area contributed by atoms with Crippen molar-refractivity contribution in [2.75, 3.05) is 13.1 Å². The van der Waals surface area contributed by atoms with Crippen LogP contribution in [0.1, 0.15) is 24.5 Å². The van der Waals surface area contributed by atoms with Crippen molar-refractivity contribution in [2.45, 2.75) is 18.8 Å². The Balaban J connectivity index is 0.00000161. The summed E-state index contributed by atoms with van der Waals surface area (Å²) in [5, 5.41) is 3.32. The van der Waals surface area contributed by atoms with E-state index in [1.165, 1.54) is 12.1 Å². The molecule has 21 heavy (non-hydrogen) atoms. The zero-order valence-electron chi connectivity index (χ0n) is 11.5. The Morgan fingerprint density at radius 2 is 2.00 bits per heavy atom. The fourth-order valence-corrected chi connectivity index (χ4v) is 2.38. The first kappa shape index (κ1) is 15.7. The molecule has 112 valence electrons. The highest BCUT2D eigenvalue weighted by Crippen LogP contribution is 2.26. The van der Waals surface area contributed by atoms with Crippen LogP contribution in [-0.4, -0.2) is 23.1 Å². The number of benzene rings is 1. The molecule has 1 aromatic heterocycles. The van der Waals surface area contributed by atoms with Gasteiger partial charge >= 0.3 is 0 Å². The molecule has 6 heteroatoms. The van der Waals surface area contributed by atoms with Gasteiger partial charge in [-0.2, -0.15) is 0 Å². The maximum absolute atomic E-state index is 13.1. The summed E-state index contributed by atoms with van der Waals surface area (Å²) < 4.78 is 18.7. The minimum atomic E-state index is -0.329. The summed E-state index contributed by atoms with van der Waals surface area (Å²) in [5.74, 6) is 0.929. The SMILES string of the molecule is Cl.Fc1cccc(Oc2cncc(C3CCNCC3)n2)c1. The Bertz CT molecular complexity index is 591. The van der Waals surface area contributed by atoms with Gasteiger partial charge in [0.2, 0.25) is 5.88 Å². The van der Waals surface area contributed by atoms with Gasteiger partial charge in [-0.15, -0.1) is 12.4 Å². The summed E-state index contributed by atoms with van der Waals surface area (Å²) in [6, 6.07) is 6.01. The molecule has 1 aliphatic rings. The molecule has 0 atom stereocenters. The van der Waals surface area contributed by atoms with Gasteiger partial charge in [0.25, 0.3) is 0 Å². The molecule has 0 amide bonds. The molecule has 1 fully saturated rings. The average Bonchev–Trinajstić information content (AvgIpc) is 2.48. The molecule has 1 aliphatic heterocycles. The third-order valence-electron chi connectivity index (χ3n) is 3.41. The monoisotopic (exact) mass is 309 g/mol. The second-order valence-electron chi connectivity index (χ2n) is 4.87. The van der Waals surface area contributed by atoms with Gasteiger partial charge in [-0.1, -0.05) is 6.07 Å². The lowest BCUT2D eigenvalue weighted by Crippen LogP contribution is -2.27. The number of hydrogen-bond donors (Lipinski definition) is 1. The first-order chi connectivity index (χ1) is 9.81. The van der Waals surface area contributed by atoms with Crippen molar-refractivity contribution in [1.82, 2.24) is 15.3 Å². The number of rotatable bonds is 3. The maximum atomic E-state index is 13.1. The van der Waals surface area contributed by atoms with Crippen LogP contribution in [-0.2, 0) is 0 Å². The summed E-state index contributed by atoms with van der Waals surface area (Å²) in [6.45, 7) is 2.00. The van der Waals surface area contributed by atoms with Crippen molar-refractivity contribution in [3.63, 3.8) is 0 Å². The fraction of sp³-hybridized carbons (Fsp3) is 0.333. The van der Waals surface area contributed by atoms with Crippen molar-refractivity contribution in [1.29, 1.82) is 0 Å². The summed E-state index contributed by atoms with van der Waals surface area (Å²) in [5.41, 5.74) is 0.945. The van der Waals surface area contributed by atoms with Crippen molar-refractivity contribution in [2.24, 2.45) is 0 Å². The quantitative estimate of drug-likeness (QED) is 0.945. The van der Waals surface area contributed by atoms with Crippen LogP contribution in [0.15, 0.2) is 36.7 Å². The zero-order valence-corrected chi connectivity index (χ0v) is 12.3. The highest BCUT2D eigenvalue weighted by atomic mass is 35.5. The van der Waals surface area contributed by atoms with Gasteiger partial charge in [-0.3, -0.25) is 4.98 Å². The van der Waals surface area contributed by atoms with Crippen LogP contribution in [0.4, 0.5) is 4.39 Å². The lowest BCUT2D eigenvalue weighted by molar-refractivity contribution is 0.429. The van der Waals surface area contributed by atoms with E-state index in [4.69, 9.17) is 4.74 Å². The van der Waals surface area contributed by atoms with E-state index < -0.39 is 0 Å². The molecule has 0 radical (unpaired) electrons. The normalized spacial score (nSPS) is 15.3. The Kier molecular flexibility index (Phi) is 5.47. The van der Waals surface area contributed by atoms with Crippen molar-refractivity contribution >= 4 is 12.4 Å². The van der Waals surface area contributed by atoms with E-state index in [0.29, 0.717) is 17.5 Å². The van der Waals surface area contributed by atoms with Gasteiger partial charge in [0.1, 0.15) is 11.6 Å². The van der Waals surface area contributed by atoms with Crippen LogP contribution in [0.2, 0.25) is 0 Å². The molecular weight excluding hydrogens is 293 g/mol. The predicted octanol–water partition coefficient (Wildman–Crippen LogP) is 3.30. The van der Waals surface area contributed by atoms with Gasteiger partial charge in [0.05, 0.1) is 11.9 Å². The van der Waals surface area contributed by atoms with Crippen LogP contribution < -0.4 is 10.1 Å². The van der Waals surface area contributed by atoms with Crippen LogP contribution >= 0.6 is 12.4 Å². The van der Waals surface area contributed by atoms with Crippen molar-refractivity contribution in [3.05, 3.63) is 48.2 Å². The Morgan fingerprint density at radius 3 is 2.76 bits per heavy atom. The Labute approximate surface area is 129 Å². The first-order valence-electron chi connectivity index (χ1n) is 6.77. The largest absolute Gasteiger partial charge is 0.437 e. The molecule has 0 saturated carbocycles. The number of halogens is 2. The highest BCUT2D eigenvalue weighted by Gasteiger charge is 2.17. The molecule has 1 N–H and O–H groups in total. The van der Waals surface area contributed by atoms with Gasteiger partial charge < -0.3 is 10.1 Å². The molecule has 1 aromatic carbocycles. The number of aromatic nitrogens is 2. The Hall–Kier alpha value is -1.72. The zero-order chi connectivity index (χ0) is 13.8. The number of nitrogens with one attached hydrogen (secondary N) is 1. The van der Waals surface area contributed by atoms with E-state index in [-0.39, 0.29) is 18.2 Å². The predicted molar refractivity (Wildman–Crippen MR) is 80.6 cm³/mol. The number of ether oxygens (including phenoxy) is 1. The molecule has 0 aliphatic carbocycles. The third-order valence-corrected chi connectivity index (χ3v) is 3.41. The van der Waals surface area contributed by atoms with Crippen LogP contribution in [0, 0.1) is 5.82 Å². The van der Waals surface area contributed by atoms with Crippen LogP contribution in [0.3, 0.4) is 0 Å². The number of hydrogen-bond acceptors (Lipinski definition) is 4. The van der Waals surface area contributed by atoms with E-state index in [9.17, 15) is 4.39 Å². The minimum Gasteiger partial charge on any atom is -0.437 e. The van der Waals surface area contributed by atoms with E-state index in [0.717, 1.165) is 31.6 Å². The summed E-state index contributed by atoms with van der Waals surface area (Å²) in [7, 11) is 0. The highest BCUT2D eigenvalue weighted by molar-refractivity contribution is 5.85.